The molecule has 13 aromatic rings. The summed E-state index contributed by atoms with van der Waals surface area (Å²) in [6, 6.07) is 91.4. The predicted molar refractivity (Wildman–Crippen MR) is 287 cm³/mol. The Morgan fingerprint density at radius 3 is 1.81 bits per heavy atom. The highest BCUT2D eigenvalue weighted by Crippen LogP contribution is 2.58. The number of anilines is 3. The lowest BCUT2D eigenvalue weighted by Crippen LogP contribution is -2.28. The molecule has 14 rings (SSSR count). The first-order valence-corrected chi connectivity index (χ1v) is 24.1. The van der Waals surface area contributed by atoms with Crippen LogP contribution in [-0.2, 0) is 5.41 Å². The van der Waals surface area contributed by atoms with Crippen LogP contribution in [0.25, 0.3) is 86.3 Å². The van der Waals surface area contributed by atoms with Crippen molar-refractivity contribution in [1.29, 1.82) is 0 Å². The number of fused-ring (bicyclic) bond motifs is 11. The van der Waals surface area contributed by atoms with Crippen molar-refractivity contribution < 1.29 is 4.42 Å². The van der Waals surface area contributed by atoms with Gasteiger partial charge in [0, 0.05) is 53.3 Å². The largest absolute Gasteiger partial charge is 0.455 e. The lowest BCUT2D eigenvalue weighted by molar-refractivity contribution is 0.673. The number of para-hydroxylation sites is 1. The normalized spacial score (nSPS) is 12.8. The quantitative estimate of drug-likeness (QED) is 0.159. The van der Waals surface area contributed by atoms with Gasteiger partial charge in [0.05, 0.1) is 11.1 Å². The molecule has 0 unspecified atom stereocenters. The van der Waals surface area contributed by atoms with Gasteiger partial charge >= 0.3 is 0 Å². The van der Waals surface area contributed by atoms with Crippen molar-refractivity contribution in [1.82, 2.24) is 0 Å². The molecule has 0 saturated heterocycles. The Kier molecular flexibility index (Phi) is 8.71. The fourth-order valence-electron chi connectivity index (χ4n) is 11.5. The monoisotopic (exact) mass is 883 g/mol. The Labute approximate surface area is 398 Å². The first-order chi connectivity index (χ1) is 33.7. The van der Waals surface area contributed by atoms with Crippen LogP contribution >= 0.6 is 11.3 Å². The molecule has 0 saturated carbocycles. The molecule has 11 aromatic carbocycles. The van der Waals surface area contributed by atoms with E-state index >= 15 is 0 Å². The lowest BCUT2D eigenvalue weighted by atomic mass is 9.67. The van der Waals surface area contributed by atoms with Gasteiger partial charge in [0.2, 0.25) is 0 Å². The summed E-state index contributed by atoms with van der Waals surface area (Å²) in [6.07, 6.45) is 0. The van der Waals surface area contributed by atoms with E-state index in [-0.39, 0.29) is 0 Å². The van der Waals surface area contributed by atoms with Crippen LogP contribution in [0, 0.1) is 0 Å². The van der Waals surface area contributed by atoms with E-state index in [1.165, 1.54) is 70.1 Å². The third-order valence-electron chi connectivity index (χ3n) is 14.4. The second kappa shape index (κ2) is 15.3. The second-order valence-corrected chi connectivity index (χ2v) is 19.0. The molecule has 0 fully saturated rings. The lowest BCUT2D eigenvalue weighted by Gasteiger charge is -2.35. The smallest absolute Gasteiger partial charge is 0.143 e. The molecule has 1 aliphatic carbocycles. The zero-order chi connectivity index (χ0) is 44.8. The van der Waals surface area contributed by atoms with Crippen molar-refractivity contribution in [2.24, 2.45) is 0 Å². The number of hydrogen-bond acceptors (Lipinski definition) is 3. The third kappa shape index (κ3) is 5.70. The Morgan fingerprint density at radius 1 is 0.368 bits per heavy atom. The van der Waals surface area contributed by atoms with Crippen LogP contribution in [0.15, 0.2) is 253 Å². The number of rotatable bonds is 7. The summed E-state index contributed by atoms with van der Waals surface area (Å²) >= 11 is 1.86. The van der Waals surface area contributed by atoms with Gasteiger partial charge in [0.15, 0.2) is 0 Å². The van der Waals surface area contributed by atoms with Crippen molar-refractivity contribution in [3.63, 3.8) is 0 Å². The summed E-state index contributed by atoms with van der Waals surface area (Å²) in [5.41, 5.74) is 16.7. The van der Waals surface area contributed by atoms with Crippen LogP contribution in [0.3, 0.4) is 0 Å². The van der Waals surface area contributed by atoms with Crippen molar-refractivity contribution in [3.05, 3.63) is 271 Å². The number of furan rings is 1. The maximum Gasteiger partial charge on any atom is 0.143 e. The highest BCUT2D eigenvalue weighted by Gasteiger charge is 2.46. The van der Waals surface area contributed by atoms with Gasteiger partial charge in [0.25, 0.3) is 0 Å². The number of thiophene rings is 1. The molecular weight excluding hydrogens is 843 g/mol. The van der Waals surface area contributed by atoms with Gasteiger partial charge in [-0.3, -0.25) is 0 Å². The highest BCUT2D eigenvalue weighted by atomic mass is 32.1. The van der Waals surface area contributed by atoms with Crippen molar-refractivity contribution >= 4 is 81.3 Å². The molecule has 318 valence electrons. The second-order valence-electron chi connectivity index (χ2n) is 17.9. The summed E-state index contributed by atoms with van der Waals surface area (Å²) in [5, 5.41) is 7.13. The molecule has 2 aromatic heterocycles. The standard InChI is InChI=1S/C65H41NOS/c1-3-18-44(19-4-1)65(45-20-5-2-6-21-45)56-28-12-9-23-50(56)51-40-38-47(41-57(51)65)66(46-36-33-43(34-37-46)48-26-16-32-61-63(48)54-25-11-14-31-60(54)68-61)58-29-13-10-24-52(58)53-27-15-30-59-62(53)55-39-35-42-17-7-8-22-49(42)64(55)67-59/h1-41H. The first kappa shape index (κ1) is 38.7. The van der Waals surface area contributed by atoms with Gasteiger partial charge in [-0.05, 0) is 110 Å². The first-order valence-electron chi connectivity index (χ1n) is 23.3. The molecule has 68 heavy (non-hydrogen) atoms. The molecule has 3 heteroatoms. The van der Waals surface area contributed by atoms with E-state index in [4.69, 9.17) is 4.42 Å². The maximum atomic E-state index is 6.78. The zero-order valence-electron chi connectivity index (χ0n) is 36.9. The van der Waals surface area contributed by atoms with Gasteiger partial charge in [-0.25, -0.2) is 0 Å². The van der Waals surface area contributed by atoms with Gasteiger partial charge in [-0.15, -0.1) is 11.3 Å². The van der Waals surface area contributed by atoms with Crippen LogP contribution in [0.1, 0.15) is 22.3 Å². The number of hydrogen-bond donors (Lipinski definition) is 0. The average Bonchev–Trinajstić information content (AvgIpc) is 4.08. The molecular formula is C65H41NOS. The van der Waals surface area contributed by atoms with Crippen LogP contribution in [0.4, 0.5) is 17.1 Å². The minimum Gasteiger partial charge on any atom is -0.455 e. The summed E-state index contributed by atoms with van der Waals surface area (Å²) < 4.78 is 9.39. The van der Waals surface area contributed by atoms with Gasteiger partial charge < -0.3 is 9.32 Å². The Morgan fingerprint density at radius 2 is 0.985 bits per heavy atom. The molecule has 2 heterocycles. The zero-order valence-corrected chi connectivity index (χ0v) is 37.8. The molecule has 0 aliphatic heterocycles. The van der Waals surface area contributed by atoms with E-state index in [1.54, 1.807) is 0 Å². The van der Waals surface area contributed by atoms with E-state index in [1.807, 2.05) is 11.3 Å². The van der Waals surface area contributed by atoms with Gasteiger partial charge in [0.1, 0.15) is 11.2 Å². The fourth-order valence-corrected chi connectivity index (χ4v) is 12.6. The van der Waals surface area contributed by atoms with E-state index in [9.17, 15) is 0 Å². The van der Waals surface area contributed by atoms with Gasteiger partial charge in [-0.1, -0.05) is 194 Å². The van der Waals surface area contributed by atoms with Crippen LogP contribution < -0.4 is 4.90 Å². The molecule has 0 atom stereocenters. The molecule has 0 N–H and O–H groups in total. The molecule has 0 spiro atoms. The maximum absolute atomic E-state index is 6.78. The summed E-state index contributed by atoms with van der Waals surface area (Å²) in [4.78, 5) is 2.47. The highest BCUT2D eigenvalue weighted by molar-refractivity contribution is 7.25. The number of nitrogens with zero attached hydrogens (tertiary/aromatic N) is 1. The van der Waals surface area contributed by atoms with Crippen molar-refractivity contribution in [3.8, 4) is 33.4 Å². The molecule has 0 bridgehead atoms. The summed E-state index contributed by atoms with van der Waals surface area (Å²) in [7, 11) is 0. The SMILES string of the molecule is c1ccc(C2(c3ccccc3)c3ccccc3-c3ccc(N(c4ccc(-c5cccc6sc7ccccc7c56)cc4)c4ccccc4-c4cccc5oc6c7ccccc7ccc6c45)cc32)cc1. The minimum atomic E-state index is -0.550. The van der Waals surface area contributed by atoms with Crippen LogP contribution in [0.2, 0.25) is 0 Å². The van der Waals surface area contributed by atoms with Gasteiger partial charge in [-0.2, -0.15) is 0 Å². The summed E-state index contributed by atoms with van der Waals surface area (Å²) in [5.74, 6) is 0. The predicted octanol–water partition coefficient (Wildman–Crippen LogP) is 18.3. The van der Waals surface area contributed by atoms with Crippen LogP contribution in [0.5, 0.6) is 0 Å². The average molecular weight is 884 g/mol. The van der Waals surface area contributed by atoms with Crippen molar-refractivity contribution in [2.75, 3.05) is 4.90 Å². The molecule has 2 nitrogen and oxygen atoms in total. The summed E-state index contributed by atoms with van der Waals surface area (Å²) in [6.45, 7) is 0. The van der Waals surface area contributed by atoms with E-state index < -0.39 is 5.41 Å². The Hall–Kier alpha value is -8.50. The van der Waals surface area contributed by atoms with E-state index in [2.05, 4.69) is 254 Å². The van der Waals surface area contributed by atoms with Crippen LogP contribution in [-0.4, -0.2) is 0 Å². The topological polar surface area (TPSA) is 16.4 Å². The van der Waals surface area contributed by atoms with E-state index in [0.29, 0.717) is 0 Å². The number of benzene rings is 11. The molecule has 0 radical (unpaired) electrons. The van der Waals surface area contributed by atoms with Crippen molar-refractivity contribution in [2.45, 2.75) is 5.41 Å². The molecule has 1 aliphatic rings. The minimum absolute atomic E-state index is 0.550. The Balaban J connectivity index is 1.02. The molecule has 0 amide bonds. The fraction of sp³-hybridized carbons (Fsp3) is 0.0154. The third-order valence-corrected chi connectivity index (χ3v) is 15.5. The van der Waals surface area contributed by atoms with E-state index in [0.717, 1.165) is 55.5 Å². The Bertz CT molecular complexity index is 4050.